The molecule has 20 heavy (non-hydrogen) atoms. The van der Waals surface area contributed by atoms with Crippen molar-refractivity contribution in [1.82, 2.24) is 0 Å². The molecule has 0 amide bonds. The summed E-state index contributed by atoms with van der Waals surface area (Å²) in [6, 6.07) is 9.28. The molecule has 0 atom stereocenters. The fourth-order valence-corrected chi connectivity index (χ4v) is 2.13. The van der Waals surface area contributed by atoms with E-state index in [1.54, 1.807) is 25.1 Å². The molecule has 6 nitrogen and oxygen atoms in total. The molecule has 0 radical (unpaired) electrons. The third-order valence-electron chi connectivity index (χ3n) is 2.47. The Labute approximate surface area is 117 Å². The van der Waals surface area contributed by atoms with E-state index in [0.717, 1.165) is 6.26 Å². The SMILES string of the molecule is Cc1cc(S(C)(=O)=O)ccc1NC(C#N)=C(C#N)C#N. The summed E-state index contributed by atoms with van der Waals surface area (Å²) in [5.41, 5.74) is 0.525. The van der Waals surface area contributed by atoms with Crippen LogP contribution < -0.4 is 5.32 Å². The molecule has 1 aromatic rings. The molecule has 0 unspecified atom stereocenters. The molecule has 0 saturated heterocycles. The van der Waals surface area contributed by atoms with Gasteiger partial charge in [-0.05, 0) is 30.7 Å². The van der Waals surface area contributed by atoms with Crippen LogP contribution in [-0.2, 0) is 9.84 Å². The minimum absolute atomic E-state index is 0.156. The molecule has 0 saturated carbocycles. The molecule has 1 rings (SSSR count). The Kier molecular flexibility index (Phi) is 4.48. The quantitative estimate of drug-likeness (QED) is 0.844. The molecular formula is C13H10N4O2S. The normalized spacial score (nSPS) is 9.75. The number of benzene rings is 1. The number of nitrogens with zero attached hydrogens (tertiary/aromatic N) is 3. The van der Waals surface area contributed by atoms with Crippen LogP contribution in [0, 0.1) is 40.9 Å². The van der Waals surface area contributed by atoms with Crippen LogP contribution in [0.25, 0.3) is 0 Å². The maximum atomic E-state index is 11.4. The molecule has 0 aliphatic heterocycles. The number of nitrogens with one attached hydrogen (secondary N) is 1. The minimum Gasteiger partial charge on any atom is -0.345 e. The number of aryl methyl sites for hydroxylation is 1. The highest BCUT2D eigenvalue weighted by molar-refractivity contribution is 7.90. The lowest BCUT2D eigenvalue weighted by Gasteiger charge is -2.09. The van der Waals surface area contributed by atoms with Crippen molar-refractivity contribution in [2.45, 2.75) is 11.8 Å². The maximum Gasteiger partial charge on any atom is 0.175 e. The van der Waals surface area contributed by atoms with E-state index in [4.69, 9.17) is 15.8 Å². The maximum absolute atomic E-state index is 11.4. The van der Waals surface area contributed by atoms with E-state index < -0.39 is 9.84 Å². The topological polar surface area (TPSA) is 118 Å². The van der Waals surface area contributed by atoms with Gasteiger partial charge in [-0.25, -0.2) is 8.42 Å². The first-order chi connectivity index (χ1) is 9.33. The van der Waals surface area contributed by atoms with E-state index in [-0.39, 0.29) is 16.2 Å². The largest absolute Gasteiger partial charge is 0.345 e. The highest BCUT2D eigenvalue weighted by Crippen LogP contribution is 2.21. The molecule has 100 valence electrons. The highest BCUT2D eigenvalue weighted by atomic mass is 32.2. The van der Waals surface area contributed by atoms with Crippen LogP contribution in [0.15, 0.2) is 34.4 Å². The third-order valence-corrected chi connectivity index (χ3v) is 3.58. The second-order valence-electron chi connectivity index (χ2n) is 3.96. The van der Waals surface area contributed by atoms with Gasteiger partial charge in [-0.3, -0.25) is 0 Å². The summed E-state index contributed by atoms with van der Waals surface area (Å²) in [6.07, 6.45) is 1.10. The van der Waals surface area contributed by atoms with Gasteiger partial charge < -0.3 is 5.32 Å². The van der Waals surface area contributed by atoms with Gasteiger partial charge in [0.05, 0.1) is 4.90 Å². The van der Waals surface area contributed by atoms with Crippen LogP contribution in [0.2, 0.25) is 0 Å². The molecule has 7 heteroatoms. The smallest absolute Gasteiger partial charge is 0.175 e. The van der Waals surface area contributed by atoms with Crippen molar-refractivity contribution < 1.29 is 8.42 Å². The molecule has 1 N–H and O–H groups in total. The van der Waals surface area contributed by atoms with Crippen LogP contribution in [0.4, 0.5) is 5.69 Å². The van der Waals surface area contributed by atoms with Gasteiger partial charge in [-0.1, -0.05) is 0 Å². The molecule has 0 fully saturated rings. The van der Waals surface area contributed by atoms with Gasteiger partial charge >= 0.3 is 0 Å². The Morgan fingerprint density at radius 1 is 1.15 bits per heavy atom. The molecule has 0 aliphatic carbocycles. The molecule has 0 spiro atoms. The van der Waals surface area contributed by atoms with Gasteiger partial charge in [0.2, 0.25) is 0 Å². The standard InChI is InChI=1S/C13H10N4O2S/c1-9-5-11(20(2,18)19)3-4-12(9)17-13(8-16)10(6-14)7-15/h3-5,17H,1-2H3. The first-order valence-corrected chi connectivity index (χ1v) is 7.25. The number of rotatable bonds is 3. The van der Waals surface area contributed by atoms with Crippen LogP contribution in [0.5, 0.6) is 0 Å². The van der Waals surface area contributed by atoms with Crippen LogP contribution in [0.1, 0.15) is 5.56 Å². The van der Waals surface area contributed by atoms with Crippen molar-refractivity contribution in [2.24, 2.45) is 0 Å². The first kappa shape index (κ1) is 15.2. The zero-order chi connectivity index (χ0) is 15.3. The molecule has 1 aromatic carbocycles. The van der Waals surface area contributed by atoms with Gasteiger partial charge in [0.1, 0.15) is 23.9 Å². The molecule has 0 heterocycles. The van der Waals surface area contributed by atoms with Gasteiger partial charge in [-0.2, -0.15) is 15.8 Å². The van der Waals surface area contributed by atoms with E-state index in [0.29, 0.717) is 11.3 Å². The fraction of sp³-hybridized carbons (Fsp3) is 0.154. The summed E-state index contributed by atoms with van der Waals surface area (Å²) in [5, 5.41) is 29.0. The van der Waals surface area contributed by atoms with Crippen molar-refractivity contribution >= 4 is 15.5 Å². The molecule has 0 aromatic heterocycles. The van der Waals surface area contributed by atoms with Crippen molar-refractivity contribution in [1.29, 1.82) is 15.8 Å². The lowest BCUT2D eigenvalue weighted by Crippen LogP contribution is -2.04. The fourth-order valence-electron chi connectivity index (χ4n) is 1.42. The molecule has 0 bridgehead atoms. The molecular weight excluding hydrogens is 276 g/mol. The van der Waals surface area contributed by atoms with E-state index >= 15 is 0 Å². The number of sulfone groups is 1. The number of nitriles is 3. The first-order valence-electron chi connectivity index (χ1n) is 5.35. The van der Waals surface area contributed by atoms with Crippen molar-refractivity contribution in [3.63, 3.8) is 0 Å². The monoisotopic (exact) mass is 286 g/mol. The minimum atomic E-state index is -3.31. The van der Waals surface area contributed by atoms with E-state index in [9.17, 15) is 8.42 Å². The van der Waals surface area contributed by atoms with Crippen LogP contribution in [-0.4, -0.2) is 14.7 Å². The summed E-state index contributed by atoms with van der Waals surface area (Å²) in [7, 11) is -3.31. The van der Waals surface area contributed by atoms with E-state index in [2.05, 4.69) is 5.32 Å². The lowest BCUT2D eigenvalue weighted by molar-refractivity contribution is 0.602. The summed E-state index contributed by atoms with van der Waals surface area (Å²) in [6.45, 7) is 1.66. The Balaban J connectivity index is 3.27. The van der Waals surface area contributed by atoms with Gasteiger partial charge in [0, 0.05) is 11.9 Å². The number of hydrogen-bond acceptors (Lipinski definition) is 6. The summed E-state index contributed by atoms with van der Waals surface area (Å²) in [5.74, 6) is 0. The van der Waals surface area contributed by atoms with Gasteiger partial charge in [-0.15, -0.1) is 0 Å². The number of hydrogen-bond donors (Lipinski definition) is 1. The number of allylic oxidation sites excluding steroid dienone is 2. The van der Waals surface area contributed by atoms with Crippen LogP contribution in [0.3, 0.4) is 0 Å². The average Bonchev–Trinajstić information content (AvgIpc) is 2.39. The van der Waals surface area contributed by atoms with Crippen molar-refractivity contribution in [3.8, 4) is 18.2 Å². The Morgan fingerprint density at radius 2 is 1.75 bits per heavy atom. The third kappa shape index (κ3) is 3.35. The second-order valence-corrected chi connectivity index (χ2v) is 5.98. The summed E-state index contributed by atoms with van der Waals surface area (Å²) < 4.78 is 22.8. The van der Waals surface area contributed by atoms with Gasteiger partial charge in [0.25, 0.3) is 0 Å². The lowest BCUT2D eigenvalue weighted by atomic mass is 10.2. The summed E-state index contributed by atoms with van der Waals surface area (Å²) >= 11 is 0. The van der Waals surface area contributed by atoms with Gasteiger partial charge in [0.15, 0.2) is 15.4 Å². The predicted octanol–water partition coefficient (Wildman–Crippen LogP) is 1.64. The van der Waals surface area contributed by atoms with Crippen molar-refractivity contribution in [3.05, 3.63) is 35.0 Å². The van der Waals surface area contributed by atoms with Crippen LogP contribution >= 0.6 is 0 Å². The number of anilines is 1. The Hall–Kier alpha value is -2.82. The molecule has 0 aliphatic rings. The van der Waals surface area contributed by atoms with E-state index in [1.165, 1.54) is 18.2 Å². The highest BCUT2D eigenvalue weighted by Gasteiger charge is 2.11. The summed E-state index contributed by atoms with van der Waals surface area (Å²) in [4.78, 5) is 0.156. The zero-order valence-corrected chi connectivity index (χ0v) is 11.6. The Bertz CT molecular complexity index is 786. The Morgan fingerprint density at radius 3 is 2.15 bits per heavy atom. The zero-order valence-electron chi connectivity index (χ0n) is 10.8. The van der Waals surface area contributed by atoms with Crippen molar-refractivity contribution in [2.75, 3.05) is 11.6 Å². The van der Waals surface area contributed by atoms with E-state index in [1.807, 2.05) is 0 Å². The average molecular weight is 286 g/mol. The predicted molar refractivity (Wildman–Crippen MR) is 71.8 cm³/mol. The second kappa shape index (κ2) is 5.88.